The topological polar surface area (TPSA) is 58.5 Å². The molecule has 1 aliphatic rings. The van der Waals surface area contributed by atoms with Gasteiger partial charge in [-0.2, -0.15) is 0 Å². The van der Waals surface area contributed by atoms with Crippen LogP contribution in [0.3, 0.4) is 0 Å². The maximum atomic E-state index is 5.33. The van der Waals surface area contributed by atoms with Crippen molar-refractivity contribution in [1.29, 1.82) is 0 Å². The van der Waals surface area contributed by atoms with Gasteiger partial charge in [0.1, 0.15) is 23.1 Å². The Morgan fingerprint density at radius 1 is 1.23 bits per heavy atom. The van der Waals surface area contributed by atoms with E-state index in [1.165, 1.54) is 0 Å². The Hall–Kier alpha value is -2.34. The zero-order valence-electron chi connectivity index (χ0n) is 12.9. The smallest absolute Gasteiger partial charge is 0.156 e. The number of likely N-dealkylation sites (N-methyl/N-ethyl adjacent to an activating group) is 1. The van der Waals surface area contributed by atoms with Crippen LogP contribution in [0.15, 0.2) is 24.5 Å². The van der Waals surface area contributed by atoms with Crippen LogP contribution >= 0.6 is 0 Å². The first-order valence-corrected chi connectivity index (χ1v) is 7.63. The van der Waals surface area contributed by atoms with Crippen molar-refractivity contribution in [1.82, 2.24) is 15.0 Å². The van der Waals surface area contributed by atoms with E-state index in [2.05, 4.69) is 26.9 Å². The Balaban J connectivity index is 1.86. The highest BCUT2D eigenvalue weighted by Gasteiger charge is 2.21. The molecule has 0 aliphatic carbocycles. The molecule has 1 saturated heterocycles. The predicted octanol–water partition coefficient (Wildman–Crippen LogP) is 0.454. The van der Waals surface area contributed by atoms with Crippen LogP contribution in [0.2, 0.25) is 0 Å². The summed E-state index contributed by atoms with van der Waals surface area (Å²) in [5.74, 6) is 1.85. The van der Waals surface area contributed by atoms with Crippen LogP contribution < -0.4 is 14.5 Å². The lowest BCUT2D eigenvalue weighted by molar-refractivity contribution is -0.880. The molecule has 2 N–H and O–H groups in total. The number of piperazine rings is 1. The lowest BCUT2D eigenvalue weighted by atomic mass is 10.2. The summed E-state index contributed by atoms with van der Waals surface area (Å²) in [5.41, 5.74) is 3.05. The van der Waals surface area contributed by atoms with E-state index in [0.717, 1.165) is 59.7 Å². The van der Waals surface area contributed by atoms with Crippen LogP contribution in [0.5, 0.6) is 5.75 Å². The van der Waals surface area contributed by atoms with E-state index in [4.69, 9.17) is 4.74 Å². The Morgan fingerprint density at radius 2 is 2.05 bits per heavy atom. The number of methoxy groups -OCH3 is 1. The third-order valence-corrected chi connectivity index (χ3v) is 4.49. The summed E-state index contributed by atoms with van der Waals surface area (Å²) in [5, 5.41) is 1.08. The summed E-state index contributed by atoms with van der Waals surface area (Å²) in [7, 11) is 3.92. The third-order valence-electron chi connectivity index (χ3n) is 4.49. The molecule has 6 heteroatoms. The van der Waals surface area contributed by atoms with Gasteiger partial charge in [0, 0.05) is 10.9 Å². The van der Waals surface area contributed by atoms with Crippen molar-refractivity contribution in [2.75, 3.05) is 45.2 Å². The molecule has 1 fully saturated rings. The summed E-state index contributed by atoms with van der Waals surface area (Å²) >= 11 is 0. The number of anilines is 1. The minimum atomic E-state index is 0.844. The van der Waals surface area contributed by atoms with E-state index in [0.29, 0.717) is 0 Å². The number of quaternary nitrogens is 1. The number of hydrogen-bond acceptors (Lipinski definition) is 4. The first kappa shape index (κ1) is 13.3. The van der Waals surface area contributed by atoms with Gasteiger partial charge >= 0.3 is 0 Å². The molecule has 0 spiro atoms. The number of aromatic amines is 1. The minimum absolute atomic E-state index is 0.844. The number of nitrogens with zero attached hydrogens (tertiary/aromatic N) is 3. The largest absolute Gasteiger partial charge is 0.497 e. The predicted molar refractivity (Wildman–Crippen MR) is 86.8 cm³/mol. The summed E-state index contributed by atoms with van der Waals surface area (Å²) in [6, 6.07) is 6.02. The van der Waals surface area contributed by atoms with Crippen molar-refractivity contribution in [2.24, 2.45) is 0 Å². The van der Waals surface area contributed by atoms with Gasteiger partial charge in [-0.25, -0.2) is 9.97 Å². The minimum Gasteiger partial charge on any atom is -0.497 e. The lowest BCUT2D eigenvalue weighted by Crippen LogP contribution is -3.12. The molecular weight excluding hydrogens is 278 g/mol. The van der Waals surface area contributed by atoms with Crippen LogP contribution in [0.25, 0.3) is 21.9 Å². The fourth-order valence-corrected chi connectivity index (χ4v) is 3.13. The molecule has 2 aromatic heterocycles. The average molecular weight is 298 g/mol. The van der Waals surface area contributed by atoms with Crippen molar-refractivity contribution in [2.45, 2.75) is 0 Å². The molecule has 0 amide bonds. The number of benzene rings is 1. The Bertz CT molecular complexity index is 820. The Kier molecular flexibility index (Phi) is 3.11. The van der Waals surface area contributed by atoms with E-state index in [1.807, 2.05) is 18.2 Å². The van der Waals surface area contributed by atoms with E-state index < -0.39 is 0 Å². The summed E-state index contributed by atoms with van der Waals surface area (Å²) in [6.45, 7) is 4.33. The number of H-pyrrole nitrogens is 1. The summed E-state index contributed by atoms with van der Waals surface area (Å²) < 4.78 is 5.33. The van der Waals surface area contributed by atoms with Gasteiger partial charge in [0.15, 0.2) is 5.82 Å². The standard InChI is InChI=1S/C16H19N5O/c1-20-5-7-21(8-6-20)16-15-14(17-10-18-16)12-9-11(22-2)3-4-13(12)19-15/h3-4,9-10,19H,5-8H2,1-2H3/p+1. The van der Waals surface area contributed by atoms with Gasteiger partial charge in [-0.1, -0.05) is 0 Å². The lowest BCUT2D eigenvalue weighted by Gasteiger charge is -2.30. The van der Waals surface area contributed by atoms with Crippen LogP contribution in [0.1, 0.15) is 0 Å². The highest BCUT2D eigenvalue weighted by molar-refractivity contribution is 6.08. The van der Waals surface area contributed by atoms with Gasteiger partial charge in [0.05, 0.1) is 40.3 Å². The number of hydrogen-bond donors (Lipinski definition) is 2. The third kappa shape index (κ3) is 2.07. The van der Waals surface area contributed by atoms with Gasteiger partial charge < -0.3 is 19.5 Å². The van der Waals surface area contributed by atoms with E-state index in [-0.39, 0.29) is 0 Å². The van der Waals surface area contributed by atoms with E-state index in [9.17, 15) is 0 Å². The van der Waals surface area contributed by atoms with Crippen LogP contribution in [0.4, 0.5) is 5.82 Å². The quantitative estimate of drug-likeness (QED) is 0.721. The fourth-order valence-electron chi connectivity index (χ4n) is 3.13. The van der Waals surface area contributed by atoms with E-state index in [1.54, 1.807) is 18.3 Å². The number of aromatic nitrogens is 3. The second-order valence-corrected chi connectivity index (χ2v) is 5.90. The molecule has 0 atom stereocenters. The zero-order valence-corrected chi connectivity index (χ0v) is 12.9. The maximum Gasteiger partial charge on any atom is 0.156 e. The second kappa shape index (κ2) is 5.14. The monoisotopic (exact) mass is 298 g/mol. The highest BCUT2D eigenvalue weighted by atomic mass is 16.5. The number of nitrogens with one attached hydrogen (secondary N) is 2. The van der Waals surface area contributed by atoms with Crippen molar-refractivity contribution in [3.8, 4) is 5.75 Å². The number of rotatable bonds is 2. The molecular formula is C16H20N5O+. The van der Waals surface area contributed by atoms with Crippen molar-refractivity contribution >= 4 is 27.8 Å². The first-order valence-electron chi connectivity index (χ1n) is 7.63. The van der Waals surface area contributed by atoms with E-state index >= 15 is 0 Å². The second-order valence-electron chi connectivity index (χ2n) is 5.90. The van der Waals surface area contributed by atoms with Crippen molar-refractivity contribution in [3.63, 3.8) is 0 Å². The van der Waals surface area contributed by atoms with Crippen molar-refractivity contribution < 1.29 is 9.64 Å². The molecule has 0 bridgehead atoms. The van der Waals surface area contributed by atoms with Gasteiger partial charge in [-0.3, -0.25) is 0 Å². The average Bonchev–Trinajstić information content (AvgIpc) is 2.93. The van der Waals surface area contributed by atoms with Gasteiger partial charge in [-0.05, 0) is 18.2 Å². The van der Waals surface area contributed by atoms with Crippen LogP contribution in [-0.4, -0.2) is 55.3 Å². The molecule has 6 nitrogen and oxygen atoms in total. The highest BCUT2D eigenvalue weighted by Crippen LogP contribution is 2.31. The first-order chi connectivity index (χ1) is 10.8. The molecule has 0 unspecified atom stereocenters. The molecule has 114 valence electrons. The van der Waals surface area contributed by atoms with Crippen LogP contribution in [0, 0.1) is 0 Å². The molecule has 3 aromatic rings. The normalized spacial score (nSPS) is 16.5. The Labute approximate surface area is 128 Å². The van der Waals surface area contributed by atoms with Gasteiger partial charge in [0.2, 0.25) is 0 Å². The molecule has 0 saturated carbocycles. The molecule has 1 aromatic carbocycles. The molecule has 22 heavy (non-hydrogen) atoms. The molecule has 4 rings (SSSR count). The molecule has 0 radical (unpaired) electrons. The summed E-state index contributed by atoms with van der Waals surface area (Å²) in [6.07, 6.45) is 1.66. The summed E-state index contributed by atoms with van der Waals surface area (Å²) in [4.78, 5) is 16.4. The van der Waals surface area contributed by atoms with Gasteiger partial charge in [-0.15, -0.1) is 0 Å². The SMILES string of the molecule is COc1ccc2[nH]c3c(N4CC[NH+](C)CC4)ncnc3c2c1. The molecule has 3 heterocycles. The molecule has 1 aliphatic heterocycles. The fraction of sp³-hybridized carbons (Fsp3) is 0.375. The zero-order chi connectivity index (χ0) is 15.1. The number of ether oxygens (including phenoxy) is 1. The van der Waals surface area contributed by atoms with Crippen molar-refractivity contribution in [3.05, 3.63) is 24.5 Å². The van der Waals surface area contributed by atoms with Crippen LogP contribution in [-0.2, 0) is 0 Å². The maximum absolute atomic E-state index is 5.33. The van der Waals surface area contributed by atoms with Gasteiger partial charge in [0.25, 0.3) is 0 Å². The Morgan fingerprint density at radius 3 is 2.82 bits per heavy atom. The number of fused-ring (bicyclic) bond motifs is 3.